The van der Waals surface area contributed by atoms with Gasteiger partial charge in [-0.25, -0.2) is 4.79 Å². The maximum Gasteiger partial charge on any atom is 0.319 e. The Hall–Kier alpha value is -2.82. The van der Waals surface area contributed by atoms with E-state index in [2.05, 4.69) is 16.7 Å². The Kier molecular flexibility index (Phi) is 5.03. The lowest BCUT2D eigenvalue weighted by molar-refractivity contribution is -0.117. The van der Waals surface area contributed by atoms with Crippen LogP contribution in [0.15, 0.2) is 48.5 Å². The highest BCUT2D eigenvalue weighted by atomic mass is 16.2. The van der Waals surface area contributed by atoms with Crippen LogP contribution in [0, 0.1) is 0 Å². The van der Waals surface area contributed by atoms with Crippen LogP contribution in [-0.2, 0) is 17.6 Å². The number of carbonyl (C=O) groups is 2. The smallest absolute Gasteiger partial charge is 0.319 e. The Labute approximate surface area is 148 Å². The Morgan fingerprint density at radius 1 is 1.08 bits per heavy atom. The van der Waals surface area contributed by atoms with Gasteiger partial charge in [0.2, 0.25) is 5.91 Å². The molecule has 0 bridgehead atoms. The number of amides is 3. The molecule has 2 N–H and O–H groups in total. The van der Waals surface area contributed by atoms with Gasteiger partial charge in [0.25, 0.3) is 0 Å². The molecule has 0 radical (unpaired) electrons. The fraction of sp³-hybridized carbons (Fsp3) is 0.300. The molecule has 5 nitrogen and oxygen atoms in total. The number of hydrogen-bond acceptors (Lipinski definition) is 2. The van der Waals surface area contributed by atoms with E-state index < -0.39 is 0 Å². The first kappa shape index (κ1) is 17.0. The molecule has 2 aromatic rings. The molecule has 1 heterocycles. The molecule has 5 heteroatoms. The van der Waals surface area contributed by atoms with Crippen molar-refractivity contribution in [1.82, 2.24) is 5.32 Å². The van der Waals surface area contributed by atoms with Gasteiger partial charge in [0.05, 0.1) is 6.42 Å². The number of para-hydroxylation sites is 1. The van der Waals surface area contributed by atoms with Crippen molar-refractivity contribution in [3.8, 4) is 0 Å². The highest BCUT2D eigenvalue weighted by Crippen LogP contribution is 2.28. The summed E-state index contributed by atoms with van der Waals surface area (Å²) in [5, 5.41) is 5.55. The Bertz CT molecular complexity index is 769. The molecule has 2 aromatic carbocycles. The highest BCUT2D eigenvalue weighted by molar-refractivity contribution is 5.96. The number of rotatable bonds is 4. The number of nitrogens with zero attached hydrogens (tertiary/aromatic N) is 1. The van der Waals surface area contributed by atoms with Crippen LogP contribution >= 0.6 is 0 Å². The maximum atomic E-state index is 12.6. The average Bonchev–Trinajstić information content (AvgIpc) is 3.00. The fourth-order valence-corrected chi connectivity index (χ4v) is 3.00. The summed E-state index contributed by atoms with van der Waals surface area (Å²) >= 11 is 0. The standard InChI is InChI=1S/C20H23N3O2/c1-14(2)21-20(25)22-17-9-7-15(8-10-17)13-19(24)23-12-11-16-5-3-4-6-18(16)23/h3-10,14H,11-13H2,1-2H3,(H2,21,22,25). The van der Waals surface area contributed by atoms with Crippen molar-refractivity contribution < 1.29 is 9.59 Å². The Morgan fingerprint density at radius 3 is 2.52 bits per heavy atom. The van der Waals surface area contributed by atoms with Crippen molar-refractivity contribution in [2.24, 2.45) is 0 Å². The molecule has 1 aliphatic rings. The van der Waals surface area contributed by atoms with E-state index in [0.717, 1.165) is 24.2 Å². The van der Waals surface area contributed by atoms with Crippen molar-refractivity contribution in [3.05, 3.63) is 59.7 Å². The van der Waals surface area contributed by atoms with Gasteiger partial charge in [0.15, 0.2) is 0 Å². The van der Waals surface area contributed by atoms with E-state index in [9.17, 15) is 9.59 Å². The molecule has 3 amide bonds. The molecule has 0 aromatic heterocycles. The molecule has 0 atom stereocenters. The highest BCUT2D eigenvalue weighted by Gasteiger charge is 2.23. The van der Waals surface area contributed by atoms with Gasteiger partial charge in [-0.2, -0.15) is 0 Å². The summed E-state index contributed by atoms with van der Waals surface area (Å²) in [6, 6.07) is 15.3. The van der Waals surface area contributed by atoms with Crippen molar-refractivity contribution in [2.75, 3.05) is 16.8 Å². The van der Waals surface area contributed by atoms with Gasteiger partial charge in [0.1, 0.15) is 0 Å². The molecule has 25 heavy (non-hydrogen) atoms. The third-order valence-corrected chi connectivity index (χ3v) is 4.18. The van der Waals surface area contributed by atoms with Gasteiger partial charge in [-0.3, -0.25) is 4.79 Å². The summed E-state index contributed by atoms with van der Waals surface area (Å²) in [7, 11) is 0. The molecule has 0 unspecified atom stereocenters. The number of carbonyl (C=O) groups excluding carboxylic acids is 2. The fourth-order valence-electron chi connectivity index (χ4n) is 3.00. The second kappa shape index (κ2) is 7.38. The van der Waals surface area contributed by atoms with Crippen LogP contribution in [0.3, 0.4) is 0 Å². The van der Waals surface area contributed by atoms with Gasteiger partial charge in [-0.15, -0.1) is 0 Å². The lowest BCUT2D eigenvalue weighted by Crippen LogP contribution is -2.34. The van der Waals surface area contributed by atoms with E-state index >= 15 is 0 Å². The predicted octanol–water partition coefficient (Wildman–Crippen LogP) is 3.35. The van der Waals surface area contributed by atoms with Gasteiger partial charge in [0, 0.05) is 24.0 Å². The summed E-state index contributed by atoms with van der Waals surface area (Å²) in [5.41, 5.74) is 3.90. The van der Waals surface area contributed by atoms with E-state index in [1.165, 1.54) is 5.56 Å². The van der Waals surface area contributed by atoms with Crippen LogP contribution in [0.25, 0.3) is 0 Å². The number of anilines is 2. The lowest BCUT2D eigenvalue weighted by atomic mass is 10.1. The molecule has 0 saturated heterocycles. The van der Waals surface area contributed by atoms with Crippen molar-refractivity contribution in [1.29, 1.82) is 0 Å². The summed E-state index contributed by atoms with van der Waals surface area (Å²) in [5.74, 6) is 0.100. The minimum Gasteiger partial charge on any atom is -0.336 e. The minimum atomic E-state index is -0.229. The van der Waals surface area contributed by atoms with Crippen LogP contribution in [0.2, 0.25) is 0 Å². The average molecular weight is 337 g/mol. The summed E-state index contributed by atoms with van der Waals surface area (Å²) in [6.45, 7) is 4.56. The quantitative estimate of drug-likeness (QED) is 0.899. The first-order chi connectivity index (χ1) is 12.0. The molecule has 0 aliphatic carbocycles. The summed E-state index contributed by atoms with van der Waals surface area (Å²) < 4.78 is 0. The third kappa shape index (κ3) is 4.18. The van der Waals surface area contributed by atoms with E-state index in [4.69, 9.17) is 0 Å². The van der Waals surface area contributed by atoms with E-state index in [0.29, 0.717) is 12.1 Å². The van der Waals surface area contributed by atoms with Crippen molar-refractivity contribution in [2.45, 2.75) is 32.7 Å². The first-order valence-corrected chi connectivity index (χ1v) is 8.57. The second-order valence-electron chi connectivity index (χ2n) is 6.55. The van der Waals surface area contributed by atoms with Crippen LogP contribution < -0.4 is 15.5 Å². The second-order valence-corrected chi connectivity index (χ2v) is 6.55. The minimum absolute atomic E-state index is 0.0835. The zero-order valence-corrected chi connectivity index (χ0v) is 14.6. The maximum absolute atomic E-state index is 12.6. The van der Waals surface area contributed by atoms with Crippen LogP contribution in [0.5, 0.6) is 0 Å². The Balaban J connectivity index is 1.60. The lowest BCUT2D eigenvalue weighted by Gasteiger charge is -2.17. The van der Waals surface area contributed by atoms with E-state index in [-0.39, 0.29) is 18.0 Å². The van der Waals surface area contributed by atoms with Gasteiger partial charge in [-0.1, -0.05) is 30.3 Å². The molecular formula is C20H23N3O2. The first-order valence-electron chi connectivity index (χ1n) is 8.57. The molecule has 0 fully saturated rings. The van der Waals surface area contributed by atoms with Crippen LogP contribution in [0.4, 0.5) is 16.2 Å². The van der Waals surface area contributed by atoms with Gasteiger partial charge in [-0.05, 0) is 49.6 Å². The molecule has 3 rings (SSSR count). The number of urea groups is 1. The molecular weight excluding hydrogens is 314 g/mol. The monoisotopic (exact) mass is 337 g/mol. The summed E-state index contributed by atoms with van der Waals surface area (Å²) in [4.78, 5) is 26.2. The number of fused-ring (bicyclic) bond motifs is 1. The van der Waals surface area contributed by atoms with Crippen molar-refractivity contribution in [3.63, 3.8) is 0 Å². The van der Waals surface area contributed by atoms with Crippen LogP contribution in [-0.4, -0.2) is 24.5 Å². The SMILES string of the molecule is CC(C)NC(=O)Nc1ccc(CC(=O)N2CCc3ccccc32)cc1. The summed E-state index contributed by atoms with van der Waals surface area (Å²) in [6.07, 6.45) is 1.27. The predicted molar refractivity (Wildman–Crippen MR) is 99.9 cm³/mol. The van der Waals surface area contributed by atoms with Gasteiger partial charge < -0.3 is 15.5 Å². The van der Waals surface area contributed by atoms with E-state index in [1.54, 1.807) is 0 Å². The van der Waals surface area contributed by atoms with Crippen LogP contribution in [0.1, 0.15) is 25.0 Å². The van der Waals surface area contributed by atoms with E-state index in [1.807, 2.05) is 61.2 Å². The zero-order chi connectivity index (χ0) is 17.8. The topological polar surface area (TPSA) is 61.4 Å². The molecule has 130 valence electrons. The number of hydrogen-bond donors (Lipinski definition) is 2. The third-order valence-electron chi connectivity index (χ3n) is 4.18. The Morgan fingerprint density at radius 2 is 1.80 bits per heavy atom. The van der Waals surface area contributed by atoms with Gasteiger partial charge >= 0.3 is 6.03 Å². The largest absolute Gasteiger partial charge is 0.336 e. The number of benzene rings is 2. The zero-order valence-electron chi connectivity index (χ0n) is 14.6. The molecule has 0 spiro atoms. The molecule has 0 saturated carbocycles. The number of nitrogens with one attached hydrogen (secondary N) is 2. The van der Waals surface area contributed by atoms with Crippen molar-refractivity contribution >= 4 is 23.3 Å². The normalized spacial score (nSPS) is 12.8. The molecule has 1 aliphatic heterocycles.